The van der Waals surface area contributed by atoms with Gasteiger partial charge in [-0.05, 0) is 17.7 Å². The van der Waals surface area contributed by atoms with E-state index >= 15 is 0 Å². The minimum atomic E-state index is -0.559. The van der Waals surface area contributed by atoms with Gasteiger partial charge >= 0.3 is 6.09 Å². The van der Waals surface area contributed by atoms with Crippen LogP contribution in [0.3, 0.4) is 0 Å². The summed E-state index contributed by atoms with van der Waals surface area (Å²) in [6.07, 6.45) is 1.21. The Morgan fingerprint density at radius 1 is 1.16 bits per heavy atom. The molecule has 2 aromatic rings. The molecule has 0 spiro atoms. The standard InChI is InChI=1S/C14H15N3O2/c1-11(13-8-5-9-15-13)16-17-14(18)19-10-12-6-3-2-4-7-12/h2-9,15-16H,1,10H2,(H,17,18). The van der Waals surface area contributed by atoms with Crippen LogP contribution >= 0.6 is 0 Å². The molecule has 1 heterocycles. The lowest BCUT2D eigenvalue weighted by atomic mass is 10.2. The molecule has 5 nitrogen and oxygen atoms in total. The molecule has 3 N–H and O–H groups in total. The second kappa shape index (κ2) is 6.30. The van der Waals surface area contributed by atoms with E-state index in [9.17, 15) is 4.79 Å². The van der Waals surface area contributed by atoms with E-state index in [2.05, 4.69) is 22.4 Å². The molecule has 1 aromatic heterocycles. The molecule has 0 radical (unpaired) electrons. The van der Waals surface area contributed by atoms with Crippen molar-refractivity contribution >= 4 is 11.8 Å². The number of hydrogen-bond donors (Lipinski definition) is 3. The van der Waals surface area contributed by atoms with Gasteiger partial charge in [0.05, 0.1) is 11.4 Å². The minimum absolute atomic E-state index is 0.226. The summed E-state index contributed by atoms with van der Waals surface area (Å²) in [5.41, 5.74) is 7.36. The lowest BCUT2D eigenvalue weighted by Crippen LogP contribution is -2.36. The molecule has 1 amide bonds. The minimum Gasteiger partial charge on any atom is -0.443 e. The smallest absolute Gasteiger partial charge is 0.426 e. The summed E-state index contributed by atoms with van der Waals surface area (Å²) < 4.78 is 5.03. The molecule has 1 aromatic carbocycles. The predicted octanol–water partition coefficient (Wildman–Crippen LogP) is 2.42. The average molecular weight is 257 g/mol. The highest BCUT2D eigenvalue weighted by atomic mass is 16.6. The lowest BCUT2D eigenvalue weighted by molar-refractivity contribution is 0.137. The van der Waals surface area contributed by atoms with Crippen molar-refractivity contribution < 1.29 is 9.53 Å². The maximum absolute atomic E-state index is 11.4. The van der Waals surface area contributed by atoms with Crippen molar-refractivity contribution in [2.75, 3.05) is 0 Å². The molecule has 98 valence electrons. The van der Waals surface area contributed by atoms with Crippen molar-refractivity contribution in [2.24, 2.45) is 0 Å². The van der Waals surface area contributed by atoms with Gasteiger partial charge in [0.2, 0.25) is 0 Å². The van der Waals surface area contributed by atoms with Crippen LogP contribution in [0.5, 0.6) is 0 Å². The Balaban J connectivity index is 1.72. The zero-order valence-electron chi connectivity index (χ0n) is 10.3. The molecule has 0 saturated heterocycles. The van der Waals surface area contributed by atoms with E-state index < -0.39 is 6.09 Å². The summed E-state index contributed by atoms with van der Waals surface area (Å²) in [5, 5.41) is 0. The molecule has 0 aliphatic rings. The summed E-state index contributed by atoms with van der Waals surface area (Å²) in [6.45, 7) is 4.00. The number of hydrazine groups is 1. The Hall–Kier alpha value is -2.69. The maximum Gasteiger partial charge on any atom is 0.426 e. The Kier molecular flexibility index (Phi) is 4.23. The molecule has 2 rings (SSSR count). The number of nitrogens with one attached hydrogen (secondary N) is 3. The van der Waals surface area contributed by atoms with Gasteiger partial charge in [0.25, 0.3) is 0 Å². The van der Waals surface area contributed by atoms with Crippen LogP contribution in [0.15, 0.2) is 55.2 Å². The van der Waals surface area contributed by atoms with Crippen LogP contribution in [0.4, 0.5) is 4.79 Å². The monoisotopic (exact) mass is 257 g/mol. The van der Waals surface area contributed by atoms with E-state index in [1.54, 1.807) is 6.20 Å². The van der Waals surface area contributed by atoms with Crippen LogP contribution in [0.25, 0.3) is 5.70 Å². The van der Waals surface area contributed by atoms with Gasteiger partial charge in [0.15, 0.2) is 0 Å². The maximum atomic E-state index is 11.4. The Morgan fingerprint density at radius 3 is 2.63 bits per heavy atom. The zero-order valence-corrected chi connectivity index (χ0v) is 10.3. The predicted molar refractivity (Wildman–Crippen MR) is 72.7 cm³/mol. The van der Waals surface area contributed by atoms with E-state index in [1.165, 1.54) is 0 Å². The number of aromatic amines is 1. The van der Waals surface area contributed by atoms with Crippen LogP contribution < -0.4 is 10.9 Å². The molecule has 0 saturated carbocycles. The third-order valence-electron chi connectivity index (χ3n) is 2.45. The molecular weight excluding hydrogens is 242 g/mol. The second-order valence-corrected chi connectivity index (χ2v) is 3.87. The summed E-state index contributed by atoms with van der Waals surface area (Å²) in [7, 11) is 0. The Bertz CT molecular complexity index is 535. The largest absolute Gasteiger partial charge is 0.443 e. The van der Waals surface area contributed by atoms with E-state index in [0.29, 0.717) is 5.70 Å². The fraction of sp³-hybridized carbons (Fsp3) is 0.0714. The molecular formula is C14H15N3O2. The topological polar surface area (TPSA) is 66.2 Å². The highest BCUT2D eigenvalue weighted by Crippen LogP contribution is 2.04. The van der Waals surface area contributed by atoms with E-state index in [-0.39, 0.29) is 6.61 Å². The summed E-state index contributed by atoms with van der Waals surface area (Å²) >= 11 is 0. The molecule has 0 fully saturated rings. The summed E-state index contributed by atoms with van der Waals surface area (Å²) in [5.74, 6) is 0. The first kappa shape index (κ1) is 12.8. The lowest BCUT2D eigenvalue weighted by Gasteiger charge is -2.10. The fourth-order valence-electron chi connectivity index (χ4n) is 1.47. The van der Waals surface area contributed by atoms with Crippen LogP contribution in [-0.2, 0) is 11.3 Å². The molecule has 0 aliphatic carbocycles. The van der Waals surface area contributed by atoms with Crippen LogP contribution in [0.1, 0.15) is 11.3 Å². The number of carbonyl (C=O) groups is 1. The molecule has 0 atom stereocenters. The summed E-state index contributed by atoms with van der Waals surface area (Å²) in [4.78, 5) is 14.4. The normalized spacial score (nSPS) is 9.68. The first-order valence-electron chi connectivity index (χ1n) is 5.81. The molecule has 0 unspecified atom stereocenters. The van der Waals surface area contributed by atoms with E-state index in [4.69, 9.17) is 4.74 Å². The quantitative estimate of drug-likeness (QED) is 0.721. The highest BCUT2D eigenvalue weighted by Gasteiger charge is 2.03. The van der Waals surface area contributed by atoms with E-state index in [1.807, 2.05) is 42.5 Å². The number of ether oxygens (including phenoxy) is 1. The van der Waals surface area contributed by atoms with Crippen molar-refractivity contribution in [1.82, 2.24) is 15.8 Å². The third-order valence-corrected chi connectivity index (χ3v) is 2.45. The SMILES string of the molecule is C=C(NNC(=O)OCc1ccccc1)c1ccc[nH]1. The van der Waals surface area contributed by atoms with Gasteiger partial charge in [-0.2, -0.15) is 0 Å². The average Bonchev–Trinajstić information content (AvgIpc) is 2.98. The second-order valence-electron chi connectivity index (χ2n) is 3.87. The van der Waals surface area contributed by atoms with Crippen molar-refractivity contribution in [2.45, 2.75) is 6.61 Å². The van der Waals surface area contributed by atoms with Gasteiger partial charge in [-0.15, -0.1) is 0 Å². The first-order chi connectivity index (χ1) is 9.25. The number of benzene rings is 1. The molecule has 19 heavy (non-hydrogen) atoms. The van der Waals surface area contributed by atoms with Crippen molar-refractivity contribution in [1.29, 1.82) is 0 Å². The van der Waals surface area contributed by atoms with Crippen molar-refractivity contribution in [3.05, 3.63) is 66.5 Å². The first-order valence-corrected chi connectivity index (χ1v) is 5.81. The number of hydrogen-bond acceptors (Lipinski definition) is 3. The van der Waals surface area contributed by atoms with Gasteiger partial charge < -0.3 is 9.72 Å². The van der Waals surface area contributed by atoms with Crippen LogP contribution in [0, 0.1) is 0 Å². The molecule has 0 aliphatic heterocycles. The third kappa shape index (κ3) is 3.92. The van der Waals surface area contributed by atoms with Crippen LogP contribution in [0.2, 0.25) is 0 Å². The number of carbonyl (C=O) groups excluding carboxylic acids is 1. The Morgan fingerprint density at radius 2 is 1.95 bits per heavy atom. The highest BCUT2D eigenvalue weighted by molar-refractivity contribution is 5.69. The van der Waals surface area contributed by atoms with Gasteiger partial charge in [-0.1, -0.05) is 36.9 Å². The van der Waals surface area contributed by atoms with Gasteiger partial charge in [-0.3, -0.25) is 5.43 Å². The van der Waals surface area contributed by atoms with Crippen molar-refractivity contribution in [3.63, 3.8) is 0 Å². The Labute approximate surface area is 111 Å². The van der Waals surface area contributed by atoms with Crippen molar-refractivity contribution in [3.8, 4) is 0 Å². The van der Waals surface area contributed by atoms with Gasteiger partial charge in [0.1, 0.15) is 6.61 Å². The van der Waals surface area contributed by atoms with Crippen LogP contribution in [-0.4, -0.2) is 11.1 Å². The fourth-order valence-corrected chi connectivity index (χ4v) is 1.47. The number of rotatable bonds is 5. The van der Waals surface area contributed by atoms with E-state index in [0.717, 1.165) is 11.3 Å². The number of aromatic nitrogens is 1. The molecule has 5 heteroatoms. The number of amides is 1. The number of H-pyrrole nitrogens is 1. The summed E-state index contributed by atoms with van der Waals surface area (Å²) in [6, 6.07) is 13.1. The van der Waals surface area contributed by atoms with Gasteiger partial charge in [0, 0.05) is 6.20 Å². The van der Waals surface area contributed by atoms with Gasteiger partial charge in [-0.25, -0.2) is 10.2 Å². The zero-order chi connectivity index (χ0) is 13.5. The molecule has 0 bridgehead atoms.